The van der Waals surface area contributed by atoms with Gasteiger partial charge in [0, 0.05) is 10.5 Å². The summed E-state index contributed by atoms with van der Waals surface area (Å²) in [5.41, 5.74) is 1.32. The van der Waals surface area contributed by atoms with Gasteiger partial charge in [-0.2, -0.15) is 10.5 Å². The summed E-state index contributed by atoms with van der Waals surface area (Å²) in [6.07, 6.45) is 3.21. The van der Waals surface area contributed by atoms with Crippen molar-refractivity contribution in [3.05, 3.63) is 42.3 Å². The lowest BCUT2D eigenvalue weighted by Gasteiger charge is -2.06. The highest BCUT2D eigenvalue weighted by molar-refractivity contribution is 8.13. The van der Waals surface area contributed by atoms with Gasteiger partial charge in [0.2, 0.25) is 0 Å². The molecule has 0 amide bonds. The zero-order valence-corrected chi connectivity index (χ0v) is 10.2. The van der Waals surface area contributed by atoms with Gasteiger partial charge in [0.15, 0.2) is 0 Å². The first-order chi connectivity index (χ1) is 8.08. The molecular formula is C13H12FNOS. The van der Waals surface area contributed by atoms with Crippen molar-refractivity contribution in [2.24, 2.45) is 0 Å². The molecule has 0 fully saturated rings. The molecule has 2 aromatic rings. The van der Waals surface area contributed by atoms with Crippen molar-refractivity contribution in [2.75, 3.05) is 6.26 Å². The molecule has 0 spiro atoms. The predicted octanol–water partition coefficient (Wildman–Crippen LogP) is 3.28. The van der Waals surface area contributed by atoms with E-state index in [4.69, 9.17) is 5.11 Å². The van der Waals surface area contributed by atoms with Gasteiger partial charge in [-0.1, -0.05) is 11.9 Å². The van der Waals surface area contributed by atoms with Crippen LogP contribution in [0.15, 0.2) is 41.4 Å². The molecule has 0 saturated heterocycles. The lowest BCUT2D eigenvalue weighted by Crippen LogP contribution is -1.87. The van der Waals surface area contributed by atoms with Crippen molar-refractivity contribution in [1.29, 1.82) is 0 Å². The normalized spacial score (nSPS) is 12.4. The van der Waals surface area contributed by atoms with E-state index in [1.54, 1.807) is 12.1 Å². The van der Waals surface area contributed by atoms with Crippen LogP contribution in [0.1, 0.15) is 0 Å². The third-order valence-electron chi connectivity index (χ3n) is 2.35. The minimum absolute atomic E-state index is 0.0960. The summed E-state index contributed by atoms with van der Waals surface area (Å²) in [6.45, 7) is 0. The Morgan fingerprint density at radius 3 is 2.59 bits per heavy atom. The van der Waals surface area contributed by atoms with Gasteiger partial charge in [0.1, 0.15) is 11.6 Å². The van der Waals surface area contributed by atoms with E-state index in [9.17, 15) is 4.39 Å². The van der Waals surface area contributed by atoms with Crippen LogP contribution in [0.25, 0.3) is 11.3 Å². The van der Waals surface area contributed by atoms with Crippen molar-refractivity contribution in [1.82, 2.24) is 4.98 Å². The number of nitrogens with zero attached hydrogens (tertiary/aromatic N) is 1. The predicted molar refractivity (Wildman–Crippen MR) is 70.2 cm³/mol. The van der Waals surface area contributed by atoms with Gasteiger partial charge in [-0.3, -0.25) is 4.98 Å². The Labute approximate surface area is 102 Å². The molecule has 1 heterocycles. The smallest absolute Gasteiger partial charge is 0.136 e. The van der Waals surface area contributed by atoms with Crippen molar-refractivity contribution < 1.29 is 9.50 Å². The zero-order chi connectivity index (χ0) is 12.4. The highest BCUT2D eigenvalue weighted by atomic mass is 32.2. The molecule has 0 radical (unpaired) electrons. The molecule has 4 heteroatoms. The van der Waals surface area contributed by atoms with Crippen LogP contribution >= 0.6 is 10.5 Å². The number of hydrogen-bond acceptors (Lipinski definition) is 2. The molecule has 88 valence electrons. The Hall–Kier alpha value is -1.68. The maximum absolute atomic E-state index is 13.8. The Morgan fingerprint density at radius 2 is 2.06 bits per heavy atom. The number of pyridine rings is 1. The van der Waals surface area contributed by atoms with E-state index in [1.807, 2.05) is 12.3 Å². The van der Waals surface area contributed by atoms with Crippen molar-refractivity contribution in [2.45, 2.75) is 4.90 Å². The summed E-state index contributed by atoms with van der Waals surface area (Å²) in [6, 6.07) is 8.17. The average Bonchev–Trinajstić information content (AvgIpc) is 2.29. The Balaban J connectivity index is 2.44. The van der Waals surface area contributed by atoms with E-state index in [1.165, 1.54) is 18.3 Å². The van der Waals surface area contributed by atoms with Crippen LogP contribution in [-0.2, 0) is 0 Å². The van der Waals surface area contributed by atoms with Crippen LogP contribution in [0, 0.1) is 5.82 Å². The minimum atomic E-state index is -0.344. The molecule has 0 aliphatic carbocycles. The molecule has 17 heavy (non-hydrogen) atoms. The number of aromatic nitrogens is 1. The number of rotatable bonds is 2. The van der Waals surface area contributed by atoms with Crippen LogP contribution in [0.3, 0.4) is 0 Å². The first-order valence-electron chi connectivity index (χ1n) is 4.98. The van der Waals surface area contributed by atoms with E-state index in [0.29, 0.717) is 16.2 Å². The van der Waals surface area contributed by atoms with Crippen molar-refractivity contribution in [3.8, 4) is 17.0 Å². The second-order valence-corrected chi connectivity index (χ2v) is 5.40. The van der Waals surface area contributed by atoms with Gasteiger partial charge < -0.3 is 5.11 Å². The zero-order valence-electron chi connectivity index (χ0n) is 9.35. The van der Waals surface area contributed by atoms with Crippen LogP contribution in [0.4, 0.5) is 4.39 Å². The van der Waals surface area contributed by atoms with Gasteiger partial charge in [0.05, 0.1) is 11.9 Å². The summed E-state index contributed by atoms with van der Waals surface area (Å²) in [4.78, 5) is 4.65. The van der Waals surface area contributed by atoms with Crippen LogP contribution < -0.4 is 0 Å². The molecule has 0 saturated carbocycles. The molecule has 1 aromatic carbocycles. The molecule has 0 aliphatic rings. The van der Waals surface area contributed by atoms with Crippen LogP contribution in [-0.4, -0.2) is 22.2 Å². The van der Waals surface area contributed by atoms with E-state index in [0.717, 1.165) is 0 Å². The van der Waals surface area contributed by atoms with Gasteiger partial charge in [0.25, 0.3) is 0 Å². The van der Waals surface area contributed by atoms with Crippen LogP contribution in [0.5, 0.6) is 5.75 Å². The first-order valence-corrected chi connectivity index (χ1v) is 6.78. The molecule has 1 aromatic heterocycles. The Kier molecular flexibility index (Phi) is 3.24. The van der Waals surface area contributed by atoms with E-state index >= 15 is 0 Å². The fourth-order valence-electron chi connectivity index (χ4n) is 1.50. The van der Waals surface area contributed by atoms with Gasteiger partial charge in [-0.15, -0.1) is 0 Å². The molecule has 2 nitrogen and oxygen atoms in total. The summed E-state index contributed by atoms with van der Waals surface area (Å²) >= 11 is 0. The Morgan fingerprint density at radius 1 is 1.29 bits per heavy atom. The van der Waals surface area contributed by atoms with Gasteiger partial charge in [-0.25, -0.2) is 4.39 Å². The number of aromatic hydroxyl groups is 1. The maximum atomic E-state index is 13.8. The summed E-state index contributed by atoms with van der Waals surface area (Å²) in [5, 5.41) is 9.13. The lowest BCUT2D eigenvalue weighted by atomic mass is 10.1. The monoisotopic (exact) mass is 249 g/mol. The Bertz CT molecular complexity index is 566. The third-order valence-corrected chi connectivity index (χ3v) is 3.43. The molecule has 0 bridgehead atoms. The van der Waals surface area contributed by atoms with E-state index < -0.39 is 0 Å². The molecular weight excluding hydrogens is 237 g/mol. The number of halogens is 1. The number of benzene rings is 1. The fraction of sp³-hybridized carbons (Fsp3) is 0.0769. The number of hydrogen-bond donors (Lipinski definition) is 1. The highest BCUT2D eigenvalue weighted by Crippen LogP contribution is 2.28. The first kappa shape index (κ1) is 11.8. The quantitative estimate of drug-likeness (QED) is 0.828. The second-order valence-electron chi connectivity index (χ2n) is 3.68. The van der Waals surface area contributed by atoms with E-state index in [-0.39, 0.29) is 22.1 Å². The third kappa shape index (κ3) is 2.53. The summed E-state index contributed by atoms with van der Waals surface area (Å²) in [7, 11) is -0.344. The summed E-state index contributed by atoms with van der Waals surface area (Å²) in [5.74, 6) is 3.65. The second kappa shape index (κ2) is 4.67. The standard InChI is InChI=1S/C13H12FNOS/c1-17(2)13-6-3-9(7-11(13)14)12-5-4-10(16)8-15-12/h3-8,16H,1H2,2H3. The van der Waals surface area contributed by atoms with E-state index in [2.05, 4.69) is 10.9 Å². The highest BCUT2D eigenvalue weighted by Gasteiger charge is 2.06. The fourth-order valence-corrected chi connectivity index (χ4v) is 2.19. The largest absolute Gasteiger partial charge is 0.506 e. The lowest BCUT2D eigenvalue weighted by molar-refractivity contribution is 0.473. The van der Waals surface area contributed by atoms with Crippen LogP contribution in [0.2, 0.25) is 0 Å². The SMILES string of the molecule is C=S(C)c1ccc(-c2ccc(O)cn2)cc1F. The average molecular weight is 249 g/mol. The molecule has 0 aliphatic heterocycles. The molecule has 1 unspecified atom stereocenters. The maximum Gasteiger partial charge on any atom is 0.136 e. The topological polar surface area (TPSA) is 33.1 Å². The molecule has 1 atom stereocenters. The van der Waals surface area contributed by atoms with Crippen molar-refractivity contribution >= 4 is 16.4 Å². The van der Waals surface area contributed by atoms with Gasteiger partial charge >= 0.3 is 0 Å². The van der Waals surface area contributed by atoms with Crippen molar-refractivity contribution in [3.63, 3.8) is 0 Å². The van der Waals surface area contributed by atoms with Gasteiger partial charge in [-0.05, 0) is 30.5 Å². The minimum Gasteiger partial charge on any atom is -0.506 e. The molecule has 2 rings (SSSR count). The molecule has 1 N–H and O–H groups in total. The summed E-state index contributed by atoms with van der Waals surface area (Å²) < 4.78 is 13.8.